The average Bonchev–Trinajstić information content (AvgIpc) is 2.54. The number of amides is 1. The van der Waals surface area contributed by atoms with E-state index in [2.05, 4.69) is 0 Å². The molecule has 0 aliphatic carbocycles. The minimum atomic E-state index is -1.84. The summed E-state index contributed by atoms with van der Waals surface area (Å²) in [4.78, 5) is 24.7. The molecule has 23 heavy (non-hydrogen) atoms. The van der Waals surface area contributed by atoms with Gasteiger partial charge in [-0.2, -0.15) is 0 Å². The number of methoxy groups -OCH3 is 2. The maximum Gasteiger partial charge on any atom is 0.335 e. The molecule has 0 unspecified atom stereocenters. The maximum atomic E-state index is 14.1. The Morgan fingerprint density at radius 3 is 2.17 bits per heavy atom. The molecule has 1 aromatic rings. The molecule has 1 amide bonds. The molecule has 0 saturated carbocycles. The number of piperidine rings is 1. The van der Waals surface area contributed by atoms with Crippen LogP contribution >= 0.6 is 0 Å². The lowest BCUT2D eigenvalue weighted by Crippen LogP contribution is -2.50. The van der Waals surface area contributed by atoms with Crippen LogP contribution in [0, 0.1) is 5.82 Å². The lowest BCUT2D eigenvalue weighted by atomic mass is 9.91. The number of carbonyl (C=O) groups excluding carboxylic acids is 1. The van der Waals surface area contributed by atoms with Crippen LogP contribution in [0.3, 0.4) is 0 Å². The van der Waals surface area contributed by atoms with Crippen molar-refractivity contribution < 1.29 is 33.7 Å². The number of carboxylic acid groups (broad SMARTS) is 1. The largest absolute Gasteiger partial charge is 0.493 e. The van der Waals surface area contributed by atoms with Crippen LogP contribution in [0.15, 0.2) is 12.1 Å². The fraction of sp³-hybridized carbons (Fsp3) is 0.467. The fourth-order valence-corrected chi connectivity index (χ4v) is 2.48. The van der Waals surface area contributed by atoms with E-state index in [4.69, 9.17) is 14.6 Å². The van der Waals surface area contributed by atoms with E-state index in [1.54, 1.807) is 0 Å². The van der Waals surface area contributed by atoms with E-state index < -0.39 is 23.3 Å². The standard InChI is InChI=1S/C15H18FNO6/c1-22-11-7-9(10(16)8-12(11)23-2)13(18)17-5-3-15(21,4-6-17)14(19)20/h7-8,21H,3-6H2,1-2H3,(H,19,20). The Kier molecular flexibility index (Phi) is 4.74. The van der Waals surface area contributed by atoms with Gasteiger partial charge >= 0.3 is 5.97 Å². The molecule has 1 aliphatic rings. The molecule has 1 aliphatic heterocycles. The Hall–Kier alpha value is -2.35. The van der Waals surface area contributed by atoms with E-state index in [0.29, 0.717) is 0 Å². The third kappa shape index (κ3) is 3.21. The summed E-state index contributed by atoms with van der Waals surface area (Å²) in [5.74, 6) is -2.28. The summed E-state index contributed by atoms with van der Waals surface area (Å²) >= 11 is 0. The number of likely N-dealkylation sites (tertiary alicyclic amines) is 1. The van der Waals surface area contributed by atoms with Gasteiger partial charge in [0.05, 0.1) is 19.8 Å². The summed E-state index contributed by atoms with van der Waals surface area (Å²) in [5, 5.41) is 18.8. The van der Waals surface area contributed by atoms with Gasteiger partial charge in [0.1, 0.15) is 5.82 Å². The zero-order valence-electron chi connectivity index (χ0n) is 12.8. The minimum Gasteiger partial charge on any atom is -0.493 e. The van der Waals surface area contributed by atoms with Gasteiger partial charge in [-0.25, -0.2) is 9.18 Å². The third-order valence-electron chi connectivity index (χ3n) is 3.98. The Balaban J connectivity index is 2.20. The van der Waals surface area contributed by atoms with Gasteiger partial charge in [-0.1, -0.05) is 0 Å². The minimum absolute atomic E-state index is 0.0232. The van der Waals surface area contributed by atoms with E-state index in [0.717, 1.165) is 6.07 Å². The molecule has 2 N–H and O–H groups in total. The Labute approximate surface area is 132 Å². The quantitative estimate of drug-likeness (QED) is 0.853. The van der Waals surface area contributed by atoms with Gasteiger partial charge in [-0.15, -0.1) is 0 Å². The molecule has 0 atom stereocenters. The molecule has 1 aromatic carbocycles. The molecule has 2 rings (SSSR count). The van der Waals surface area contributed by atoms with E-state index in [1.165, 1.54) is 25.2 Å². The normalized spacial score (nSPS) is 16.8. The SMILES string of the molecule is COc1cc(F)c(C(=O)N2CCC(O)(C(=O)O)CC2)cc1OC. The predicted molar refractivity (Wildman–Crippen MR) is 77.2 cm³/mol. The van der Waals surface area contributed by atoms with Crippen LogP contribution in [0.4, 0.5) is 4.39 Å². The van der Waals surface area contributed by atoms with Crippen LogP contribution in [0.5, 0.6) is 11.5 Å². The number of hydrogen-bond donors (Lipinski definition) is 2. The fourth-order valence-electron chi connectivity index (χ4n) is 2.48. The van der Waals surface area contributed by atoms with E-state index in [-0.39, 0.29) is 43.0 Å². The first-order valence-corrected chi connectivity index (χ1v) is 6.99. The van der Waals surface area contributed by atoms with Gasteiger partial charge in [0, 0.05) is 32.0 Å². The van der Waals surface area contributed by atoms with Crippen molar-refractivity contribution >= 4 is 11.9 Å². The van der Waals surface area contributed by atoms with E-state index >= 15 is 0 Å². The summed E-state index contributed by atoms with van der Waals surface area (Å²) < 4.78 is 24.1. The van der Waals surface area contributed by atoms with Crippen molar-refractivity contribution in [2.75, 3.05) is 27.3 Å². The topological polar surface area (TPSA) is 96.3 Å². The number of ether oxygens (including phenoxy) is 2. The van der Waals surface area contributed by atoms with Crippen LogP contribution in [-0.4, -0.2) is 59.9 Å². The Bertz CT molecular complexity index is 625. The number of aliphatic carboxylic acids is 1. The molecule has 1 saturated heterocycles. The second kappa shape index (κ2) is 6.41. The molecular weight excluding hydrogens is 309 g/mol. The summed E-state index contributed by atoms with van der Waals surface area (Å²) in [6.45, 7) is 0.0465. The molecule has 0 bridgehead atoms. The van der Waals surface area contributed by atoms with Crippen molar-refractivity contribution in [2.45, 2.75) is 18.4 Å². The van der Waals surface area contributed by atoms with Crippen LogP contribution < -0.4 is 9.47 Å². The van der Waals surface area contributed by atoms with Crippen LogP contribution in [-0.2, 0) is 4.79 Å². The van der Waals surface area contributed by atoms with Gasteiger partial charge < -0.3 is 24.6 Å². The summed E-state index contributed by atoms with van der Waals surface area (Å²) in [6.07, 6.45) is -0.216. The summed E-state index contributed by atoms with van der Waals surface area (Å²) in [5.41, 5.74) is -2.03. The molecule has 126 valence electrons. The number of carbonyl (C=O) groups is 2. The molecule has 0 spiro atoms. The lowest BCUT2D eigenvalue weighted by Gasteiger charge is -2.35. The van der Waals surface area contributed by atoms with Gasteiger partial charge in [0.2, 0.25) is 0 Å². The molecule has 1 heterocycles. The van der Waals surface area contributed by atoms with Crippen molar-refractivity contribution in [3.63, 3.8) is 0 Å². The highest BCUT2D eigenvalue weighted by atomic mass is 19.1. The number of halogens is 1. The second-order valence-corrected chi connectivity index (χ2v) is 5.32. The average molecular weight is 327 g/mol. The monoisotopic (exact) mass is 327 g/mol. The Morgan fingerprint density at radius 2 is 1.70 bits per heavy atom. The molecular formula is C15H18FNO6. The first-order valence-electron chi connectivity index (χ1n) is 6.99. The van der Waals surface area contributed by atoms with Crippen molar-refractivity contribution in [1.82, 2.24) is 4.90 Å². The summed E-state index contributed by atoms with van der Waals surface area (Å²) in [7, 11) is 2.73. The maximum absolute atomic E-state index is 14.1. The lowest BCUT2D eigenvalue weighted by molar-refractivity contribution is -0.162. The van der Waals surface area contributed by atoms with Gasteiger partial charge in [-0.05, 0) is 6.07 Å². The zero-order valence-corrected chi connectivity index (χ0v) is 12.8. The predicted octanol–water partition coefficient (Wildman–Crippen LogP) is 0.895. The number of rotatable bonds is 4. The third-order valence-corrected chi connectivity index (χ3v) is 3.98. The number of benzene rings is 1. The van der Waals surface area contributed by atoms with Gasteiger partial charge in [0.25, 0.3) is 5.91 Å². The second-order valence-electron chi connectivity index (χ2n) is 5.32. The number of hydrogen-bond acceptors (Lipinski definition) is 5. The van der Waals surface area contributed by atoms with Crippen molar-refractivity contribution in [1.29, 1.82) is 0 Å². The van der Waals surface area contributed by atoms with Crippen LogP contribution in [0.25, 0.3) is 0 Å². The van der Waals surface area contributed by atoms with E-state index in [9.17, 15) is 19.1 Å². The first-order chi connectivity index (χ1) is 10.8. The number of aliphatic hydroxyl groups is 1. The highest BCUT2D eigenvalue weighted by molar-refractivity contribution is 5.95. The highest BCUT2D eigenvalue weighted by Crippen LogP contribution is 2.31. The zero-order chi connectivity index (χ0) is 17.2. The number of nitrogens with zero attached hydrogens (tertiary/aromatic N) is 1. The Morgan fingerprint density at radius 1 is 1.17 bits per heavy atom. The first kappa shape index (κ1) is 17.0. The van der Waals surface area contributed by atoms with Gasteiger partial charge in [-0.3, -0.25) is 4.79 Å². The van der Waals surface area contributed by atoms with Crippen LogP contribution in [0.1, 0.15) is 23.2 Å². The van der Waals surface area contributed by atoms with Crippen molar-refractivity contribution in [2.24, 2.45) is 0 Å². The van der Waals surface area contributed by atoms with Gasteiger partial charge in [0.15, 0.2) is 17.1 Å². The number of carboxylic acids is 1. The highest BCUT2D eigenvalue weighted by Gasteiger charge is 2.40. The molecule has 1 fully saturated rings. The summed E-state index contributed by atoms with van der Waals surface area (Å²) in [6, 6.07) is 2.30. The molecule has 0 aromatic heterocycles. The molecule has 0 radical (unpaired) electrons. The van der Waals surface area contributed by atoms with E-state index in [1.807, 2.05) is 0 Å². The molecule has 8 heteroatoms. The molecule has 7 nitrogen and oxygen atoms in total. The van der Waals surface area contributed by atoms with Crippen molar-refractivity contribution in [3.8, 4) is 11.5 Å². The van der Waals surface area contributed by atoms with Crippen molar-refractivity contribution in [3.05, 3.63) is 23.5 Å². The van der Waals surface area contributed by atoms with Crippen LogP contribution in [0.2, 0.25) is 0 Å². The smallest absolute Gasteiger partial charge is 0.335 e.